The van der Waals surface area contributed by atoms with E-state index in [2.05, 4.69) is 0 Å². The van der Waals surface area contributed by atoms with Crippen LogP contribution in [-0.4, -0.2) is 162 Å². The van der Waals surface area contributed by atoms with E-state index in [9.17, 15) is 44.1 Å². The second-order valence-electron chi connectivity index (χ2n) is 20.8. The van der Waals surface area contributed by atoms with Crippen molar-refractivity contribution in [3.8, 4) is 0 Å². The van der Waals surface area contributed by atoms with Crippen LogP contribution in [0.1, 0.15) is 112 Å². The van der Waals surface area contributed by atoms with Crippen molar-refractivity contribution in [1.82, 2.24) is 4.90 Å². The molecule has 5 rings (SSSR count). The molecule has 1 unspecified atom stereocenters. The van der Waals surface area contributed by atoms with E-state index >= 15 is 0 Å². The summed E-state index contributed by atoms with van der Waals surface area (Å²) in [4.78, 5) is 83.0. The highest BCUT2D eigenvalue weighted by Gasteiger charge is 2.54. The molecule has 3 saturated heterocycles. The molecular formula is C53H80N2O16. The van der Waals surface area contributed by atoms with Gasteiger partial charge in [0.1, 0.15) is 36.7 Å². The van der Waals surface area contributed by atoms with E-state index in [4.69, 9.17) is 39.3 Å². The second kappa shape index (κ2) is 26.8. The van der Waals surface area contributed by atoms with Gasteiger partial charge in [-0.3, -0.25) is 19.2 Å². The van der Waals surface area contributed by atoms with Crippen molar-refractivity contribution < 1.29 is 77.6 Å². The number of allylic oxidation sites excluding steroid dienone is 5. The van der Waals surface area contributed by atoms with Crippen molar-refractivity contribution in [2.45, 2.75) is 172 Å². The average molecular weight is 1000 g/mol. The largest absolute Gasteiger partial charge is 0.480 e. The number of carboxylic acids is 1. The predicted octanol–water partition coefficient (Wildman–Crippen LogP) is 3.95. The van der Waals surface area contributed by atoms with Crippen LogP contribution in [0.15, 0.2) is 47.6 Å². The molecule has 18 heteroatoms. The number of aliphatic hydroxyl groups excluding tert-OH is 2. The number of ketones is 3. The van der Waals surface area contributed by atoms with Crippen molar-refractivity contribution in [2.24, 2.45) is 41.2 Å². The number of methoxy groups -OCH3 is 2. The first-order valence-corrected chi connectivity index (χ1v) is 25.5. The molecule has 0 aromatic heterocycles. The average Bonchev–Trinajstić information content (AvgIpc) is 3.33. The number of nitrogens with two attached hydrogens (primary N) is 1. The number of Topliss-reactive ketones (excluding diaryl/α,β-unsaturated/α-hetero) is 3. The summed E-state index contributed by atoms with van der Waals surface area (Å²) in [5.74, 6) is -9.69. The molecule has 6 N–H and O–H groups in total. The summed E-state index contributed by atoms with van der Waals surface area (Å²) in [6.45, 7) is 8.30. The van der Waals surface area contributed by atoms with Gasteiger partial charge in [-0.25, -0.2) is 9.59 Å². The van der Waals surface area contributed by atoms with Gasteiger partial charge < -0.3 is 59.5 Å². The number of esters is 1. The summed E-state index contributed by atoms with van der Waals surface area (Å²) in [7, 11) is 2.94. The zero-order chi connectivity index (χ0) is 52.2. The van der Waals surface area contributed by atoms with Crippen LogP contribution in [0.25, 0.3) is 0 Å². The Hall–Kier alpha value is -3.98. The molecule has 0 aromatic carbocycles. The van der Waals surface area contributed by atoms with E-state index < -0.39 is 96.4 Å². The van der Waals surface area contributed by atoms with Crippen LogP contribution in [0.5, 0.6) is 0 Å². The fraction of sp³-hybridized carbons (Fsp3) is 0.736. The number of carboxylic acid groups (broad SMARTS) is 1. The molecule has 1 amide bonds. The smallest absolute Gasteiger partial charge is 0.329 e. The van der Waals surface area contributed by atoms with Gasteiger partial charge in [0.15, 0.2) is 5.78 Å². The number of hydrogen-bond donors (Lipinski definition) is 5. The van der Waals surface area contributed by atoms with Crippen molar-refractivity contribution in [3.63, 3.8) is 0 Å². The van der Waals surface area contributed by atoms with E-state index in [-0.39, 0.29) is 87.0 Å². The van der Waals surface area contributed by atoms with Crippen LogP contribution in [0.2, 0.25) is 0 Å². The van der Waals surface area contributed by atoms with Gasteiger partial charge in [0.2, 0.25) is 5.79 Å². The Bertz CT molecular complexity index is 1990. The summed E-state index contributed by atoms with van der Waals surface area (Å²) < 4.78 is 35.0. The van der Waals surface area contributed by atoms with E-state index in [0.29, 0.717) is 56.1 Å². The minimum Gasteiger partial charge on any atom is -0.480 e. The van der Waals surface area contributed by atoms with Crippen molar-refractivity contribution in [3.05, 3.63) is 47.6 Å². The van der Waals surface area contributed by atoms with Gasteiger partial charge in [0.25, 0.3) is 11.7 Å². The van der Waals surface area contributed by atoms with Gasteiger partial charge in [0, 0.05) is 57.4 Å². The lowest BCUT2D eigenvalue weighted by molar-refractivity contribution is -0.265. The molecule has 16 atom stereocenters. The quantitative estimate of drug-likeness (QED) is 0.0897. The maximum Gasteiger partial charge on any atom is 0.329 e. The summed E-state index contributed by atoms with van der Waals surface area (Å²) >= 11 is 0. The minimum atomic E-state index is -2.51. The number of piperidine rings is 1. The third kappa shape index (κ3) is 15.5. The van der Waals surface area contributed by atoms with Gasteiger partial charge in [-0.1, -0.05) is 57.2 Å². The molecule has 0 aromatic rings. The predicted molar refractivity (Wildman–Crippen MR) is 259 cm³/mol. The Labute approximate surface area is 418 Å². The fourth-order valence-corrected chi connectivity index (χ4v) is 11.1. The highest BCUT2D eigenvalue weighted by Crippen LogP contribution is 2.42. The Balaban J connectivity index is 1.44. The topological polar surface area (TPSA) is 268 Å². The third-order valence-electron chi connectivity index (χ3n) is 15.5. The molecular weight excluding hydrogens is 921 g/mol. The van der Waals surface area contributed by atoms with Gasteiger partial charge in [-0.05, 0) is 107 Å². The molecule has 4 aliphatic heterocycles. The zero-order valence-electron chi connectivity index (χ0n) is 42.7. The highest BCUT2D eigenvalue weighted by molar-refractivity contribution is 6.39. The molecule has 4 heterocycles. The molecule has 398 valence electrons. The maximum atomic E-state index is 14.5. The van der Waals surface area contributed by atoms with E-state index in [0.717, 1.165) is 6.42 Å². The molecule has 18 nitrogen and oxygen atoms in total. The summed E-state index contributed by atoms with van der Waals surface area (Å²) in [5.41, 5.74) is 7.29. The van der Waals surface area contributed by atoms with Crippen molar-refractivity contribution >= 4 is 35.2 Å². The monoisotopic (exact) mass is 1000 g/mol. The van der Waals surface area contributed by atoms with Gasteiger partial charge in [-0.15, -0.1) is 0 Å². The number of carbonyl (C=O) groups is 6. The lowest BCUT2D eigenvalue weighted by Gasteiger charge is -2.45. The second-order valence-corrected chi connectivity index (χ2v) is 20.8. The molecule has 0 spiro atoms. The van der Waals surface area contributed by atoms with Crippen LogP contribution < -0.4 is 5.73 Å². The van der Waals surface area contributed by atoms with E-state index in [1.165, 1.54) is 12.0 Å². The zero-order valence-corrected chi connectivity index (χ0v) is 42.7. The van der Waals surface area contributed by atoms with Crippen molar-refractivity contribution in [1.29, 1.82) is 0 Å². The molecule has 1 saturated carbocycles. The highest BCUT2D eigenvalue weighted by atomic mass is 16.6. The van der Waals surface area contributed by atoms with Gasteiger partial charge in [0.05, 0.1) is 37.6 Å². The van der Waals surface area contributed by atoms with Crippen LogP contribution in [0, 0.1) is 35.5 Å². The SMILES string of the molecule is CO[C@@H]1C[C@@H](C[C@@H]2CC3CCN4C(=O)C(=O)[C@]5(O)O[C@@H](CC[C@H]5C)C[C@H](O)/C(C)=C/C=C/C=C/[C@@H](N)C[C@@H](C)C(=O)[C@H](OC)[C@H](O)/C(C)=C/[C@@H](C)C(=O)C[C@@H]2OC(=O)[C@@H]4C3)CC[C@H]1OCCOCC(=O)O. The first-order valence-electron chi connectivity index (χ1n) is 25.5. The number of aliphatic carboxylic acids is 1. The van der Waals surface area contributed by atoms with Gasteiger partial charge >= 0.3 is 11.9 Å². The fourth-order valence-electron chi connectivity index (χ4n) is 11.1. The lowest BCUT2D eigenvalue weighted by atomic mass is 9.73. The van der Waals surface area contributed by atoms with E-state index in [1.807, 2.05) is 0 Å². The standard InChI is InChI=1S/C53H80N2O16/c1-30-11-9-8-10-12-38(54)22-33(4)48(61)49(67-7)47(60)32(3)21-31(2)42(57)28-44-37(23-35-14-16-43(45(26-35)66-6)69-20-19-68-29-46(58)59)24-36-17-18-55(40(25-36)52(64)70-44)51(63)50(62)53(65)34(5)13-15-39(71-53)27-41(30)56/h8-12,21,31,33-41,43-45,47,49,56,60,65H,13-20,22-29,54H2,1-7H3,(H,58,59)/b9-8+,12-10+,30-11+,32-21+/t31-,33-,34-,35-,36?,37-,38-,39+,40+,41+,43-,44+,45-,47-,49-,53-/m1/s1. The molecule has 1 aliphatic carbocycles. The minimum absolute atomic E-state index is 0.0404. The number of aliphatic hydroxyl groups is 3. The number of amides is 1. The van der Waals surface area contributed by atoms with Crippen LogP contribution in [-0.2, 0) is 57.2 Å². The number of ether oxygens (including phenoxy) is 6. The molecule has 5 bridgehead atoms. The van der Waals surface area contributed by atoms with Crippen LogP contribution in [0.3, 0.4) is 0 Å². The van der Waals surface area contributed by atoms with E-state index in [1.54, 1.807) is 78.2 Å². The molecule has 0 radical (unpaired) electrons. The number of fused-ring (bicyclic) bond motifs is 5. The van der Waals surface area contributed by atoms with Crippen LogP contribution in [0.4, 0.5) is 0 Å². The Kier molecular flexibility index (Phi) is 21.9. The van der Waals surface area contributed by atoms with Crippen molar-refractivity contribution in [2.75, 3.05) is 40.6 Å². The maximum absolute atomic E-state index is 14.5. The van der Waals surface area contributed by atoms with Crippen LogP contribution >= 0.6 is 0 Å². The molecule has 71 heavy (non-hydrogen) atoms. The number of carbonyl (C=O) groups excluding carboxylic acids is 5. The third-order valence-corrected chi connectivity index (χ3v) is 15.5. The first-order chi connectivity index (χ1) is 33.7. The number of nitrogens with zero attached hydrogens (tertiary/aromatic N) is 1. The normalized spacial score (nSPS) is 40.2. The number of rotatable bonds is 10. The molecule has 4 fully saturated rings. The summed E-state index contributed by atoms with van der Waals surface area (Å²) in [6.07, 6.45) is 9.02. The first kappa shape index (κ1) is 57.9. The summed E-state index contributed by atoms with van der Waals surface area (Å²) in [5, 5.41) is 43.4. The number of hydrogen-bond acceptors (Lipinski definition) is 16. The lowest BCUT2D eigenvalue weighted by Crippen LogP contribution is -2.61. The Morgan fingerprint density at radius 3 is 2.32 bits per heavy atom. The molecule has 5 aliphatic rings. The summed E-state index contributed by atoms with van der Waals surface area (Å²) in [6, 6.07) is -1.69. The Morgan fingerprint density at radius 2 is 1.62 bits per heavy atom. The Morgan fingerprint density at radius 1 is 0.873 bits per heavy atom. The van der Waals surface area contributed by atoms with Gasteiger partial charge in [-0.2, -0.15) is 0 Å².